The number of aromatic nitrogens is 4. The van der Waals surface area contributed by atoms with Gasteiger partial charge < -0.3 is 4.18 Å². The van der Waals surface area contributed by atoms with E-state index in [1.807, 2.05) is 35.6 Å². The molecule has 0 N–H and O–H groups in total. The maximum atomic E-state index is 12.8. The molecule has 0 fully saturated rings. The van der Waals surface area contributed by atoms with Crippen LogP contribution in [0.25, 0.3) is 43.6 Å². The number of thiazole rings is 2. The van der Waals surface area contributed by atoms with Gasteiger partial charge in [-0.3, -0.25) is 43.9 Å². The normalized spacial score (nSPS) is 11.3. The van der Waals surface area contributed by atoms with Gasteiger partial charge in [-0.05, 0) is 60.2 Å². The van der Waals surface area contributed by atoms with Gasteiger partial charge in [-0.2, -0.15) is 32.1 Å². The Morgan fingerprint density at radius 3 is 1.51 bits per heavy atom. The second-order valence-electron chi connectivity index (χ2n) is 17.0. The molecule has 24 heteroatoms. The van der Waals surface area contributed by atoms with Crippen molar-refractivity contribution in [1.29, 1.82) is 10.5 Å². The number of nitriles is 2. The van der Waals surface area contributed by atoms with E-state index in [9.17, 15) is 61.9 Å². The summed E-state index contributed by atoms with van der Waals surface area (Å²) in [5, 5.41) is 41.1. The molecule has 4 aromatic carbocycles. The number of benzene rings is 4. The molecule has 76 heavy (non-hydrogen) atoms. The van der Waals surface area contributed by atoms with E-state index < -0.39 is 60.7 Å². The molecule has 0 aliphatic carbocycles. The third-order valence-electron chi connectivity index (χ3n) is 12.0. The third-order valence-corrected chi connectivity index (χ3v) is 32.9. The molecule has 0 saturated heterocycles. The van der Waals surface area contributed by atoms with E-state index in [0.29, 0.717) is 11.2 Å². The zero-order valence-electron chi connectivity index (χ0n) is 40.5. The fourth-order valence-electron chi connectivity index (χ4n) is 8.22. The van der Waals surface area contributed by atoms with E-state index >= 15 is 0 Å². The molecule has 0 aliphatic heterocycles. The predicted octanol–water partition coefficient (Wildman–Crippen LogP) is 12.7. The second-order valence-corrected chi connectivity index (χ2v) is 34.4. The van der Waals surface area contributed by atoms with Crippen molar-refractivity contribution in [2.24, 2.45) is 0 Å². The van der Waals surface area contributed by atoms with Crippen LogP contribution in [0.15, 0.2) is 130 Å². The first-order valence-corrected chi connectivity index (χ1v) is 33.9. The number of unbranched alkanes of at least 4 members (excludes halogenated alkanes) is 3. The zero-order chi connectivity index (χ0) is 54.5. The second kappa shape index (κ2) is 26.4. The van der Waals surface area contributed by atoms with Gasteiger partial charge in [0.1, 0.15) is 29.0 Å². The summed E-state index contributed by atoms with van der Waals surface area (Å²) in [7, 11) is -5.95. The van der Waals surface area contributed by atoms with Crippen molar-refractivity contribution < 1.29 is 35.6 Å². The van der Waals surface area contributed by atoms with E-state index in [0.717, 1.165) is 44.7 Å². The average molecular weight is 1200 g/mol. The molecule has 0 unspecified atom stereocenters. The Balaban J connectivity index is 0.000000216. The molecule has 0 radical (unpaired) electrons. The average Bonchev–Trinajstić information content (AvgIpc) is 4.15. The zero-order valence-corrected chi connectivity index (χ0v) is 45.8. The molecule has 17 nitrogen and oxygen atoms in total. The van der Waals surface area contributed by atoms with Crippen LogP contribution in [0.3, 0.4) is 0 Å². The standard InChI is InChI=1S/C19H10N4O3S.C17H8F3N3O6S.3C4H9.C3H2NS.CH4.Sn/c20-9-14-7-12-1-2-13(18-10-21-11-27-18)8-17(12)22(19(14)24)15-3-5-16(6-4-15)23(25)26;18-17(19,20)30(27,28)29-14-6-1-10-7-11(9-21)16(24)22(15(10)8-14)12-2-4-13(5-3-12)23(25)26;3*1-3-4-2;1-2-5-3-4-1;;/h1-8,10-11H;1-8H;3*1,3-4H2,2H3;1,3H;1H4;. The summed E-state index contributed by atoms with van der Waals surface area (Å²) in [6.07, 6.45) is 12.4. The molecule has 8 rings (SSSR count). The Labute approximate surface area is 447 Å². The smallest absolute Gasteiger partial charge is 0.376 e. The molecule has 0 aliphatic rings. The molecular formula is C52H51F3N8O9S3Sn. The number of non-ortho nitro benzene ring substituents is 2. The maximum absolute atomic E-state index is 12.8. The van der Waals surface area contributed by atoms with Gasteiger partial charge in [0.25, 0.3) is 22.5 Å². The Morgan fingerprint density at radius 1 is 0.671 bits per heavy atom. The van der Waals surface area contributed by atoms with Gasteiger partial charge in [-0.25, -0.2) is 0 Å². The molecule has 8 aromatic rings. The largest absolute Gasteiger partial charge is 0.534 e. The summed E-state index contributed by atoms with van der Waals surface area (Å²) < 4.78 is 73.1. The SMILES string of the molecule is C.CCC[CH2][Sn]([CH2]CCC)([CH2]CCC)[c]1cncs1.N#Cc1cc2ccc(-c3cncs3)cc2n(-c2ccc([N+](=O)[O-])cc2)c1=O.N#Cc1cc2ccc(OS(=O)(=O)C(F)(F)F)cc2n(-c2ccc([N+](=O)[O-])cc2)c1=O. The van der Waals surface area contributed by atoms with Crippen molar-refractivity contribution in [2.75, 3.05) is 0 Å². The van der Waals surface area contributed by atoms with E-state index in [1.165, 1.54) is 103 Å². The maximum Gasteiger partial charge on any atom is 0.534 e. The Bertz CT molecular complexity index is 3620. The van der Waals surface area contributed by atoms with Crippen molar-refractivity contribution in [3.8, 4) is 39.7 Å². The first-order valence-electron chi connectivity index (χ1n) is 23.3. The minimum absolute atomic E-state index is 0. The molecule has 0 atom stereocenters. The predicted molar refractivity (Wildman–Crippen MR) is 292 cm³/mol. The number of pyridine rings is 2. The summed E-state index contributed by atoms with van der Waals surface area (Å²) in [4.78, 5) is 55.4. The van der Waals surface area contributed by atoms with Crippen molar-refractivity contribution >= 4 is 87.2 Å². The number of nitro groups is 2. The number of hydrogen-bond acceptors (Lipinski definition) is 15. The topological polar surface area (TPSA) is 247 Å². The molecule has 396 valence electrons. The number of nitro benzene ring substituents is 2. The van der Waals surface area contributed by atoms with Crippen LogP contribution in [-0.2, 0) is 10.1 Å². The number of fused-ring (bicyclic) bond motifs is 2. The van der Waals surface area contributed by atoms with Crippen LogP contribution in [0, 0.1) is 42.9 Å². The van der Waals surface area contributed by atoms with Crippen LogP contribution in [0.5, 0.6) is 5.75 Å². The van der Waals surface area contributed by atoms with Crippen LogP contribution < -0.4 is 18.2 Å². The Hall–Kier alpha value is -7.32. The quantitative estimate of drug-likeness (QED) is 0.0271. The van der Waals surface area contributed by atoms with Crippen LogP contribution in [0.1, 0.15) is 77.8 Å². The molecule has 4 heterocycles. The summed E-state index contributed by atoms with van der Waals surface area (Å²) in [5.74, 6) is -0.723. The van der Waals surface area contributed by atoms with Crippen LogP contribution >= 0.6 is 22.7 Å². The Kier molecular flexibility index (Phi) is 20.7. The molecule has 0 bridgehead atoms. The Morgan fingerprint density at radius 2 is 1.12 bits per heavy atom. The first-order chi connectivity index (χ1) is 35.8. The summed E-state index contributed by atoms with van der Waals surface area (Å²) in [5.41, 5.74) is -1.94. The van der Waals surface area contributed by atoms with Crippen molar-refractivity contribution in [3.63, 3.8) is 0 Å². The van der Waals surface area contributed by atoms with Gasteiger partial charge in [-0.1, -0.05) is 19.6 Å². The molecule has 0 saturated carbocycles. The van der Waals surface area contributed by atoms with Crippen LogP contribution in [0.2, 0.25) is 13.3 Å². The van der Waals surface area contributed by atoms with E-state index in [4.69, 9.17) is 0 Å². The molecule has 0 spiro atoms. The molecular weight excluding hydrogens is 1150 g/mol. The number of nitrogens with zero attached hydrogens (tertiary/aromatic N) is 8. The van der Waals surface area contributed by atoms with E-state index in [2.05, 4.69) is 46.6 Å². The number of alkyl halides is 3. The van der Waals surface area contributed by atoms with Gasteiger partial charge in [0.2, 0.25) is 0 Å². The molecule has 0 amide bonds. The summed E-state index contributed by atoms with van der Waals surface area (Å²) in [6, 6.07) is 25.1. The monoisotopic (exact) mass is 1200 g/mol. The minimum atomic E-state index is -5.95. The number of halogens is 3. The van der Waals surface area contributed by atoms with Crippen molar-refractivity contribution in [2.45, 2.75) is 85.5 Å². The van der Waals surface area contributed by atoms with E-state index in [-0.39, 0.29) is 46.5 Å². The van der Waals surface area contributed by atoms with Gasteiger partial charge in [-0.15, -0.1) is 11.3 Å². The van der Waals surface area contributed by atoms with Gasteiger partial charge >= 0.3 is 138 Å². The molecule has 4 aromatic heterocycles. The van der Waals surface area contributed by atoms with Gasteiger partial charge in [0.05, 0.1) is 31.3 Å². The van der Waals surface area contributed by atoms with Gasteiger partial charge in [0, 0.05) is 58.7 Å². The number of rotatable bonds is 17. The fourth-order valence-corrected chi connectivity index (χ4v) is 28.6. The van der Waals surface area contributed by atoms with Crippen molar-refractivity contribution in [3.05, 3.63) is 173 Å². The fraction of sp³-hybridized carbons (Fsp3) is 0.269. The van der Waals surface area contributed by atoms with Crippen LogP contribution in [-0.4, -0.2) is 61.3 Å². The minimum Gasteiger partial charge on any atom is -0.376 e. The van der Waals surface area contributed by atoms with E-state index in [1.54, 1.807) is 40.0 Å². The van der Waals surface area contributed by atoms with Crippen LogP contribution in [0.4, 0.5) is 24.5 Å². The number of hydrogen-bond donors (Lipinski definition) is 0. The van der Waals surface area contributed by atoms with Crippen molar-refractivity contribution in [1.82, 2.24) is 19.1 Å². The first kappa shape index (κ1) is 59.6. The van der Waals surface area contributed by atoms with Gasteiger partial charge in [0.15, 0.2) is 0 Å². The summed E-state index contributed by atoms with van der Waals surface area (Å²) >= 11 is 1.36. The third kappa shape index (κ3) is 13.9. The summed E-state index contributed by atoms with van der Waals surface area (Å²) in [6.45, 7) is 7.01.